The van der Waals surface area contributed by atoms with Crippen LogP contribution in [0.2, 0.25) is 0 Å². The molecule has 0 aromatic carbocycles. The molecule has 1 rings (SSSR count). The van der Waals surface area contributed by atoms with Crippen LogP contribution in [0, 0.1) is 0 Å². The molecule has 0 bridgehead atoms. The molecule has 66 valence electrons. The molecule has 1 aromatic rings. The van der Waals surface area contributed by atoms with E-state index in [1.54, 1.807) is 6.20 Å². The number of hydrogen-bond donors (Lipinski definition) is 1. The number of nitrogens with zero attached hydrogens (tertiary/aromatic N) is 2. The van der Waals surface area contributed by atoms with Gasteiger partial charge in [0.2, 0.25) is 0 Å². The molecule has 0 radical (unpaired) electrons. The average Bonchev–Trinajstić information content (AvgIpc) is 2.13. The highest BCUT2D eigenvalue weighted by Gasteiger charge is 2.01. The van der Waals surface area contributed by atoms with E-state index in [2.05, 4.69) is 4.98 Å². The smallest absolute Gasteiger partial charge is 0.125 e. The van der Waals surface area contributed by atoms with Crippen molar-refractivity contribution in [2.24, 2.45) is 12.8 Å². The molecule has 11 heavy (non-hydrogen) atoms. The van der Waals surface area contributed by atoms with Crippen LogP contribution in [0.4, 0.5) is 0 Å². The summed E-state index contributed by atoms with van der Waals surface area (Å²) in [6, 6.07) is 0.0324. The van der Waals surface area contributed by atoms with Gasteiger partial charge in [0.1, 0.15) is 5.82 Å². The molecule has 0 aliphatic heterocycles. The van der Waals surface area contributed by atoms with Crippen LogP contribution >= 0.6 is 24.8 Å². The van der Waals surface area contributed by atoms with Crippen LogP contribution in [0.25, 0.3) is 0 Å². The third-order valence-corrected chi connectivity index (χ3v) is 1.27. The van der Waals surface area contributed by atoms with Gasteiger partial charge in [-0.05, 0) is 6.92 Å². The molecule has 1 heterocycles. The summed E-state index contributed by atoms with van der Waals surface area (Å²) < 4.78 is 1.92. The molecule has 0 aliphatic rings. The number of rotatable bonds is 1. The number of nitrogens with two attached hydrogens (primary N) is 1. The van der Waals surface area contributed by atoms with Gasteiger partial charge in [-0.2, -0.15) is 0 Å². The quantitative estimate of drug-likeness (QED) is 0.738. The highest BCUT2D eigenvalue weighted by atomic mass is 35.5. The van der Waals surface area contributed by atoms with Crippen molar-refractivity contribution >= 4 is 24.8 Å². The van der Waals surface area contributed by atoms with Gasteiger partial charge in [-0.3, -0.25) is 0 Å². The van der Waals surface area contributed by atoms with Gasteiger partial charge < -0.3 is 10.3 Å². The van der Waals surface area contributed by atoms with Crippen LogP contribution in [0.5, 0.6) is 0 Å². The first kappa shape index (κ1) is 13.3. The van der Waals surface area contributed by atoms with E-state index in [1.165, 1.54) is 0 Å². The lowest BCUT2D eigenvalue weighted by Gasteiger charge is -2.02. The van der Waals surface area contributed by atoms with Crippen LogP contribution in [0.3, 0.4) is 0 Å². The summed E-state index contributed by atoms with van der Waals surface area (Å²) in [4.78, 5) is 4.05. The van der Waals surface area contributed by atoms with E-state index in [0.717, 1.165) is 5.82 Å². The molecule has 0 amide bonds. The third-order valence-electron chi connectivity index (χ3n) is 1.27. The molecule has 0 saturated carbocycles. The SMILES string of the molecule is CC(N)c1nccn1C.Cl.Cl. The van der Waals surface area contributed by atoms with Gasteiger partial charge in [-0.1, -0.05) is 0 Å². The van der Waals surface area contributed by atoms with Gasteiger partial charge >= 0.3 is 0 Å². The Kier molecular flexibility index (Phi) is 6.56. The summed E-state index contributed by atoms with van der Waals surface area (Å²) >= 11 is 0. The van der Waals surface area contributed by atoms with Crippen molar-refractivity contribution < 1.29 is 0 Å². The lowest BCUT2D eigenvalue weighted by atomic mass is 10.3. The number of aryl methyl sites for hydroxylation is 1. The van der Waals surface area contributed by atoms with Crippen LogP contribution in [0.1, 0.15) is 18.8 Å². The Hall–Kier alpha value is -0.250. The summed E-state index contributed by atoms with van der Waals surface area (Å²) in [6.45, 7) is 1.92. The number of aromatic nitrogens is 2. The molecule has 1 atom stereocenters. The predicted molar refractivity (Wildman–Crippen MR) is 50.3 cm³/mol. The van der Waals surface area contributed by atoms with E-state index in [9.17, 15) is 0 Å². The second kappa shape index (κ2) is 5.41. The van der Waals surface area contributed by atoms with E-state index in [1.807, 2.05) is 24.7 Å². The lowest BCUT2D eigenvalue weighted by Crippen LogP contribution is -2.10. The summed E-state index contributed by atoms with van der Waals surface area (Å²) in [6.07, 6.45) is 3.64. The third kappa shape index (κ3) is 3.10. The zero-order valence-electron chi connectivity index (χ0n) is 6.52. The molecule has 3 nitrogen and oxygen atoms in total. The fourth-order valence-corrected chi connectivity index (χ4v) is 0.816. The van der Waals surface area contributed by atoms with Gasteiger partial charge in [0.05, 0.1) is 6.04 Å². The summed E-state index contributed by atoms with van der Waals surface area (Å²) in [5, 5.41) is 0. The standard InChI is InChI=1S/C6H11N3.2ClH/c1-5(7)6-8-3-4-9(6)2;;/h3-5H,7H2,1-2H3;2*1H. The van der Waals surface area contributed by atoms with Crippen molar-refractivity contribution in [1.82, 2.24) is 9.55 Å². The van der Waals surface area contributed by atoms with E-state index in [-0.39, 0.29) is 30.9 Å². The Bertz CT molecular complexity index is 197. The van der Waals surface area contributed by atoms with Crippen molar-refractivity contribution in [1.29, 1.82) is 0 Å². The van der Waals surface area contributed by atoms with Crippen molar-refractivity contribution in [2.75, 3.05) is 0 Å². The highest BCUT2D eigenvalue weighted by molar-refractivity contribution is 5.85. The highest BCUT2D eigenvalue weighted by Crippen LogP contribution is 2.02. The van der Waals surface area contributed by atoms with Crippen LogP contribution in [-0.2, 0) is 7.05 Å². The molecule has 0 aliphatic carbocycles. The maximum atomic E-state index is 5.58. The van der Waals surface area contributed by atoms with Crippen molar-refractivity contribution in [3.8, 4) is 0 Å². The van der Waals surface area contributed by atoms with Crippen molar-refractivity contribution in [2.45, 2.75) is 13.0 Å². The molecule has 1 aromatic heterocycles. The molecule has 0 spiro atoms. The van der Waals surface area contributed by atoms with Crippen LogP contribution in [0.15, 0.2) is 12.4 Å². The Labute approximate surface area is 78.8 Å². The molecular formula is C6H13Cl2N3. The number of imidazole rings is 1. The largest absolute Gasteiger partial charge is 0.337 e. The Balaban J connectivity index is 0. The first-order valence-electron chi connectivity index (χ1n) is 2.94. The summed E-state index contributed by atoms with van der Waals surface area (Å²) in [7, 11) is 1.94. The van der Waals surface area contributed by atoms with Crippen LogP contribution in [-0.4, -0.2) is 9.55 Å². The Morgan fingerprint density at radius 2 is 2.09 bits per heavy atom. The summed E-state index contributed by atoms with van der Waals surface area (Å²) in [5.41, 5.74) is 5.58. The normalized spacial score (nSPS) is 11.2. The van der Waals surface area contributed by atoms with Gasteiger partial charge in [0, 0.05) is 19.4 Å². The second-order valence-electron chi connectivity index (χ2n) is 2.19. The Morgan fingerprint density at radius 3 is 2.27 bits per heavy atom. The van der Waals surface area contributed by atoms with Gasteiger partial charge in [0.15, 0.2) is 0 Å². The average molecular weight is 198 g/mol. The summed E-state index contributed by atoms with van der Waals surface area (Å²) in [5.74, 6) is 0.926. The predicted octanol–water partition coefficient (Wildman–Crippen LogP) is 1.28. The minimum atomic E-state index is 0. The number of hydrogen-bond acceptors (Lipinski definition) is 2. The fraction of sp³-hybridized carbons (Fsp3) is 0.500. The van der Waals surface area contributed by atoms with E-state index in [0.29, 0.717) is 0 Å². The monoisotopic (exact) mass is 197 g/mol. The molecular weight excluding hydrogens is 185 g/mol. The van der Waals surface area contributed by atoms with Gasteiger partial charge in [-0.15, -0.1) is 24.8 Å². The molecule has 2 N–H and O–H groups in total. The minimum absolute atomic E-state index is 0. The van der Waals surface area contributed by atoms with E-state index in [4.69, 9.17) is 5.73 Å². The molecule has 0 saturated heterocycles. The topological polar surface area (TPSA) is 43.8 Å². The molecule has 1 unspecified atom stereocenters. The van der Waals surface area contributed by atoms with Gasteiger partial charge in [-0.25, -0.2) is 4.98 Å². The molecule has 0 fully saturated rings. The van der Waals surface area contributed by atoms with Gasteiger partial charge in [0.25, 0.3) is 0 Å². The minimum Gasteiger partial charge on any atom is -0.337 e. The van der Waals surface area contributed by atoms with Crippen molar-refractivity contribution in [3.05, 3.63) is 18.2 Å². The first-order chi connectivity index (χ1) is 4.22. The number of halogens is 2. The maximum absolute atomic E-state index is 5.58. The zero-order valence-corrected chi connectivity index (χ0v) is 8.15. The fourth-order valence-electron chi connectivity index (χ4n) is 0.816. The van der Waals surface area contributed by atoms with E-state index >= 15 is 0 Å². The molecule has 5 heteroatoms. The van der Waals surface area contributed by atoms with Crippen LogP contribution < -0.4 is 5.73 Å². The maximum Gasteiger partial charge on any atom is 0.125 e. The Morgan fingerprint density at radius 1 is 1.55 bits per heavy atom. The van der Waals surface area contributed by atoms with E-state index < -0.39 is 0 Å². The van der Waals surface area contributed by atoms with Crippen molar-refractivity contribution in [3.63, 3.8) is 0 Å². The second-order valence-corrected chi connectivity index (χ2v) is 2.19. The lowest BCUT2D eigenvalue weighted by molar-refractivity contribution is 0.686. The first-order valence-corrected chi connectivity index (χ1v) is 2.94. The zero-order chi connectivity index (χ0) is 6.85.